The van der Waals surface area contributed by atoms with Crippen LogP contribution in [0.1, 0.15) is 39.0 Å². The van der Waals surface area contributed by atoms with Gasteiger partial charge in [0.15, 0.2) is 0 Å². The molecule has 13 heteroatoms. The van der Waals surface area contributed by atoms with Crippen molar-refractivity contribution in [2.24, 2.45) is 0 Å². The molecule has 0 atom stereocenters. The molecule has 0 saturated heterocycles. The Hall–Kier alpha value is -1.46. The number of hydrogen-bond acceptors (Lipinski definition) is 13. The van der Waals surface area contributed by atoms with Crippen LogP contribution in [0.4, 0.5) is 0 Å². The molecule has 0 aliphatic heterocycles. The van der Waals surface area contributed by atoms with Crippen molar-refractivity contribution in [3.8, 4) is 5.75 Å². The zero-order valence-electron chi connectivity index (χ0n) is 30.9. The third kappa shape index (κ3) is 37.8. The first-order valence-corrected chi connectivity index (χ1v) is 18.5. The molecular formula is C37H68O13. The van der Waals surface area contributed by atoms with Gasteiger partial charge in [-0.25, -0.2) is 0 Å². The Morgan fingerprint density at radius 1 is 0.280 bits per heavy atom. The van der Waals surface area contributed by atoms with Gasteiger partial charge in [0.25, 0.3) is 0 Å². The fraction of sp³-hybridized carbons (Fsp3) is 0.838. The minimum absolute atomic E-state index is 0.512. The van der Waals surface area contributed by atoms with Crippen LogP contribution in [0.3, 0.4) is 0 Å². The van der Waals surface area contributed by atoms with E-state index in [0.717, 1.165) is 18.8 Å². The Morgan fingerprint density at radius 3 is 0.840 bits per heavy atom. The van der Waals surface area contributed by atoms with Gasteiger partial charge in [-0.1, -0.05) is 50.8 Å². The molecule has 0 saturated carbocycles. The van der Waals surface area contributed by atoms with E-state index < -0.39 is 0 Å². The predicted molar refractivity (Wildman–Crippen MR) is 191 cm³/mol. The highest BCUT2D eigenvalue weighted by Crippen LogP contribution is 2.07. The summed E-state index contributed by atoms with van der Waals surface area (Å²) in [5, 5.41) is 0. The van der Waals surface area contributed by atoms with Crippen molar-refractivity contribution in [3.05, 3.63) is 30.3 Å². The summed E-state index contributed by atoms with van der Waals surface area (Å²) in [6.45, 7) is 15.8. The highest BCUT2D eigenvalue weighted by Gasteiger charge is 1.97. The lowest BCUT2D eigenvalue weighted by Gasteiger charge is -2.09. The Morgan fingerprint density at radius 2 is 0.540 bits per heavy atom. The second kappa shape index (κ2) is 42.0. The van der Waals surface area contributed by atoms with Crippen molar-refractivity contribution in [2.75, 3.05) is 165 Å². The van der Waals surface area contributed by atoms with E-state index in [0.29, 0.717) is 159 Å². The van der Waals surface area contributed by atoms with E-state index in [1.54, 1.807) is 0 Å². The molecule has 0 N–H and O–H groups in total. The zero-order chi connectivity index (χ0) is 35.5. The standard InChI is InChI=1S/C37H68O13/c1-2-3-4-5-9-12-38-13-14-39-15-16-40-17-18-41-19-20-42-21-22-43-23-24-44-25-26-45-27-28-46-29-30-47-31-32-48-33-34-49-35-36-50-37-10-7-6-8-11-37/h6-8,10-11H,2-5,9,12-36H2,1H3. The molecule has 294 valence electrons. The van der Waals surface area contributed by atoms with Gasteiger partial charge in [0.1, 0.15) is 12.4 Å². The average Bonchev–Trinajstić information content (AvgIpc) is 3.14. The zero-order valence-corrected chi connectivity index (χ0v) is 30.9. The van der Waals surface area contributed by atoms with Crippen molar-refractivity contribution in [3.63, 3.8) is 0 Å². The molecule has 0 amide bonds. The number of para-hydroxylation sites is 1. The van der Waals surface area contributed by atoms with E-state index in [2.05, 4.69) is 6.92 Å². The molecule has 0 aliphatic rings. The van der Waals surface area contributed by atoms with Crippen molar-refractivity contribution >= 4 is 0 Å². The van der Waals surface area contributed by atoms with Crippen LogP contribution < -0.4 is 4.74 Å². The number of rotatable bonds is 43. The van der Waals surface area contributed by atoms with Crippen molar-refractivity contribution in [1.29, 1.82) is 0 Å². The van der Waals surface area contributed by atoms with E-state index in [-0.39, 0.29) is 0 Å². The van der Waals surface area contributed by atoms with Crippen LogP contribution >= 0.6 is 0 Å². The van der Waals surface area contributed by atoms with Crippen LogP contribution in [0.25, 0.3) is 0 Å². The molecule has 1 rings (SSSR count). The normalized spacial score (nSPS) is 11.5. The van der Waals surface area contributed by atoms with Crippen LogP contribution in [-0.4, -0.2) is 165 Å². The van der Waals surface area contributed by atoms with E-state index in [1.165, 1.54) is 25.7 Å². The lowest BCUT2D eigenvalue weighted by atomic mass is 10.2. The molecule has 0 spiro atoms. The number of benzene rings is 1. The van der Waals surface area contributed by atoms with Crippen molar-refractivity contribution in [1.82, 2.24) is 0 Å². The Balaban J connectivity index is 1.60. The average molecular weight is 721 g/mol. The highest BCUT2D eigenvalue weighted by molar-refractivity contribution is 5.20. The second-order valence-electron chi connectivity index (χ2n) is 10.9. The number of unbranched alkanes of at least 4 members (excludes halogenated alkanes) is 4. The van der Waals surface area contributed by atoms with E-state index in [9.17, 15) is 0 Å². The van der Waals surface area contributed by atoms with Crippen LogP contribution in [0.5, 0.6) is 5.75 Å². The predicted octanol–water partition coefficient (Wildman–Crippen LogP) is 4.24. The van der Waals surface area contributed by atoms with Gasteiger partial charge in [-0.2, -0.15) is 0 Å². The molecule has 0 fully saturated rings. The lowest BCUT2D eigenvalue weighted by Crippen LogP contribution is -2.15. The fourth-order valence-corrected chi connectivity index (χ4v) is 4.06. The summed E-state index contributed by atoms with van der Waals surface area (Å²) in [6.07, 6.45) is 6.27. The van der Waals surface area contributed by atoms with Crippen LogP contribution in [0.2, 0.25) is 0 Å². The fourth-order valence-electron chi connectivity index (χ4n) is 4.06. The first-order valence-electron chi connectivity index (χ1n) is 18.5. The first kappa shape index (κ1) is 46.6. The van der Waals surface area contributed by atoms with Crippen LogP contribution in [-0.2, 0) is 56.8 Å². The third-order valence-corrected chi connectivity index (χ3v) is 6.72. The van der Waals surface area contributed by atoms with E-state index >= 15 is 0 Å². The summed E-state index contributed by atoms with van der Waals surface area (Å²) in [6, 6.07) is 9.68. The molecular weight excluding hydrogens is 652 g/mol. The first-order chi connectivity index (χ1) is 24.9. The van der Waals surface area contributed by atoms with Gasteiger partial charge in [-0.15, -0.1) is 0 Å². The molecule has 0 aliphatic carbocycles. The molecule has 1 aromatic rings. The summed E-state index contributed by atoms with van der Waals surface area (Å²) >= 11 is 0. The SMILES string of the molecule is CCCCCCCOCCOCCOCCOCCOCCOCCOCCOCCOCCOCCOCCOCCOc1ccccc1. The van der Waals surface area contributed by atoms with Gasteiger partial charge in [-0.05, 0) is 18.6 Å². The minimum Gasteiger partial charge on any atom is -0.491 e. The molecule has 50 heavy (non-hydrogen) atoms. The smallest absolute Gasteiger partial charge is 0.119 e. The lowest BCUT2D eigenvalue weighted by molar-refractivity contribution is -0.0285. The maximum Gasteiger partial charge on any atom is 0.119 e. The Labute approximate surface area is 301 Å². The van der Waals surface area contributed by atoms with Crippen LogP contribution in [0.15, 0.2) is 30.3 Å². The monoisotopic (exact) mass is 720 g/mol. The van der Waals surface area contributed by atoms with Gasteiger partial charge in [0, 0.05) is 6.61 Å². The van der Waals surface area contributed by atoms with Crippen molar-refractivity contribution in [2.45, 2.75) is 39.0 Å². The number of ether oxygens (including phenoxy) is 13. The number of hydrogen-bond donors (Lipinski definition) is 0. The third-order valence-electron chi connectivity index (χ3n) is 6.72. The van der Waals surface area contributed by atoms with Crippen LogP contribution in [0, 0.1) is 0 Å². The largest absolute Gasteiger partial charge is 0.491 e. The van der Waals surface area contributed by atoms with Gasteiger partial charge < -0.3 is 61.6 Å². The molecule has 0 radical (unpaired) electrons. The topological polar surface area (TPSA) is 120 Å². The van der Waals surface area contributed by atoms with Gasteiger partial charge >= 0.3 is 0 Å². The summed E-state index contributed by atoms with van der Waals surface area (Å²) in [5.41, 5.74) is 0. The highest BCUT2D eigenvalue weighted by atomic mass is 16.6. The molecule has 0 bridgehead atoms. The quantitative estimate of drug-likeness (QED) is 0.0897. The summed E-state index contributed by atoms with van der Waals surface area (Å²) in [4.78, 5) is 0. The molecule has 0 unspecified atom stereocenters. The maximum atomic E-state index is 5.56. The van der Waals surface area contributed by atoms with Gasteiger partial charge in [0.2, 0.25) is 0 Å². The molecule has 1 aromatic carbocycles. The van der Waals surface area contributed by atoms with E-state index in [1.807, 2.05) is 30.3 Å². The molecule has 0 aromatic heterocycles. The Bertz CT molecular complexity index is 747. The molecule has 13 nitrogen and oxygen atoms in total. The van der Waals surface area contributed by atoms with E-state index in [4.69, 9.17) is 61.6 Å². The summed E-state index contributed by atoms with van der Waals surface area (Å²) in [7, 11) is 0. The summed E-state index contributed by atoms with van der Waals surface area (Å²) < 4.78 is 71.6. The van der Waals surface area contributed by atoms with Crippen molar-refractivity contribution < 1.29 is 61.6 Å². The Kier molecular flexibility index (Phi) is 39.1. The summed E-state index contributed by atoms with van der Waals surface area (Å²) in [5.74, 6) is 0.845. The second-order valence-corrected chi connectivity index (χ2v) is 10.9. The minimum atomic E-state index is 0.512. The molecule has 0 heterocycles. The maximum absolute atomic E-state index is 5.56. The van der Waals surface area contributed by atoms with Gasteiger partial charge in [-0.3, -0.25) is 0 Å². The van der Waals surface area contributed by atoms with Gasteiger partial charge in [0.05, 0.1) is 152 Å².